The largest absolute Gasteiger partial charge is 0.336 e. The Hall–Kier alpha value is -1.11. The molecule has 0 atom stereocenters. The molecule has 1 aromatic rings. The SMILES string of the molecule is CN(CC(=O)Nc1ccccc1Br)C(=O)CCC1CCNCC1.Cl. The standard InChI is InChI=1S/C17H24BrN3O2.ClH/c1-21(17(23)7-6-13-8-10-19-11-9-13)12-16(22)20-15-5-3-2-4-14(15)18;/h2-5,13,19H,6-12H2,1H3,(H,20,22);1H. The zero-order chi connectivity index (χ0) is 16.7. The second-order valence-electron chi connectivity index (χ2n) is 6.01. The zero-order valence-corrected chi connectivity index (χ0v) is 16.3. The molecule has 1 heterocycles. The number of para-hydroxylation sites is 1. The lowest BCUT2D eigenvalue weighted by Gasteiger charge is -2.23. The number of hydrogen-bond acceptors (Lipinski definition) is 3. The number of carbonyl (C=O) groups is 2. The minimum Gasteiger partial charge on any atom is -0.336 e. The number of halogens is 2. The molecule has 0 aliphatic carbocycles. The van der Waals surface area contributed by atoms with Crippen LogP contribution in [0.3, 0.4) is 0 Å². The Bertz CT molecular complexity index is 550. The maximum absolute atomic E-state index is 12.2. The Morgan fingerprint density at radius 3 is 2.62 bits per heavy atom. The number of rotatable bonds is 6. The fourth-order valence-electron chi connectivity index (χ4n) is 2.74. The minimum absolute atomic E-state index is 0. The Morgan fingerprint density at radius 2 is 1.96 bits per heavy atom. The molecule has 1 fully saturated rings. The summed E-state index contributed by atoms with van der Waals surface area (Å²) in [6.45, 7) is 2.17. The van der Waals surface area contributed by atoms with Gasteiger partial charge >= 0.3 is 0 Å². The van der Waals surface area contributed by atoms with E-state index in [1.807, 2.05) is 24.3 Å². The molecule has 0 radical (unpaired) electrons. The van der Waals surface area contributed by atoms with Crippen LogP contribution >= 0.6 is 28.3 Å². The number of nitrogens with one attached hydrogen (secondary N) is 2. The van der Waals surface area contributed by atoms with Crippen molar-refractivity contribution in [2.24, 2.45) is 5.92 Å². The fourth-order valence-corrected chi connectivity index (χ4v) is 3.13. The van der Waals surface area contributed by atoms with Gasteiger partial charge in [-0.25, -0.2) is 0 Å². The van der Waals surface area contributed by atoms with Crippen LogP contribution in [0.5, 0.6) is 0 Å². The van der Waals surface area contributed by atoms with E-state index in [0.29, 0.717) is 18.0 Å². The van der Waals surface area contributed by atoms with E-state index < -0.39 is 0 Å². The van der Waals surface area contributed by atoms with Crippen LogP contribution in [0.2, 0.25) is 0 Å². The first-order chi connectivity index (χ1) is 11.1. The number of hydrogen-bond donors (Lipinski definition) is 2. The monoisotopic (exact) mass is 417 g/mol. The average Bonchev–Trinajstić information content (AvgIpc) is 2.55. The van der Waals surface area contributed by atoms with Crippen LogP contribution in [0.4, 0.5) is 5.69 Å². The molecule has 24 heavy (non-hydrogen) atoms. The number of nitrogens with zero attached hydrogens (tertiary/aromatic N) is 1. The third kappa shape index (κ3) is 6.79. The molecule has 0 bridgehead atoms. The molecule has 1 aliphatic rings. The van der Waals surface area contributed by atoms with E-state index in [-0.39, 0.29) is 30.8 Å². The van der Waals surface area contributed by atoms with Crippen LogP contribution in [0, 0.1) is 5.92 Å². The quantitative estimate of drug-likeness (QED) is 0.746. The molecular formula is C17H25BrClN3O2. The highest BCUT2D eigenvalue weighted by atomic mass is 79.9. The first kappa shape index (κ1) is 20.9. The smallest absolute Gasteiger partial charge is 0.244 e. The topological polar surface area (TPSA) is 61.4 Å². The van der Waals surface area contributed by atoms with Crippen molar-refractivity contribution in [3.8, 4) is 0 Å². The van der Waals surface area contributed by atoms with E-state index in [9.17, 15) is 9.59 Å². The third-order valence-corrected chi connectivity index (χ3v) is 4.87. The van der Waals surface area contributed by atoms with Crippen molar-refractivity contribution in [1.82, 2.24) is 10.2 Å². The van der Waals surface area contributed by atoms with Gasteiger partial charge in [0.1, 0.15) is 0 Å². The van der Waals surface area contributed by atoms with Crippen LogP contribution in [0.25, 0.3) is 0 Å². The second-order valence-corrected chi connectivity index (χ2v) is 6.86. The maximum Gasteiger partial charge on any atom is 0.244 e. The van der Waals surface area contributed by atoms with Crippen LogP contribution in [-0.2, 0) is 9.59 Å². The Balaban J connectivity index is 0.00000288. The Morgan fingerprint density at radius 1 is 1.29 bits per heavy atom. The molecule has 0 saturated carbocycles. The first-order valence-electron chi connectivity index (χ1n) is 8.05. The van der Waals surface area contributed by atoms with Crippen molar-refractivity contribution in [2.75, 3.05) is 32.0 Å². The van der Waals surface area contributed by atoms with Crippen LogP contribution < -0.4 is 10.6 Å². The van der Waals surface area contributed by atoms with Crippen molar-refractivity contribution in [1.29, 1.82) is 0 Å². The number of carbonyl (C=O) groups excluding carboxylic acids is 2. The molecule has 2 N–H and O–H groups in total. The van der Waals surface area contributed by atoms with E-state index in [4.69, 9.17) is 0 Å². The third-order valence-electron chi connectivity index (χ3n) is 4.18. The molecule has 0 aromatic heterocycles. The lowest BCUT2D eigenvalue weighted by molar-refractivity contribution is -0.133. The predicted molar refractivity (Wildman–Crippen MR) is 102 cm³/mol. The highest BCUT2D eigenvalue weighted by Gasteiger charge is 2.17. The van der Waals surface area contributed by atoms with E-state index in [2.05, 4.69) is 26.6 Å². The fraction of sp³-hybridized carbons (Fsp3) is 0.529. The zero-order valence-electron chi connectivity index (χ0n) is 13.9. The highest BCUT2D eigenvalue weighted by Crippen LogP contribution is 2.21. The molecule has 1 aliphatic heterocycles. The average molecular weight is 419 g/mol. The van der Waals surface area contributed by atoms with Gasteiger partial charge in [0.15, 0.2) is 0 Å². The summed E-state index contributed by atoms with van der Waals surface area (Å²) >= 11 is 3.39. The molecule has 0 unspecified atom stereocenters. The number of likely N-dealkylation sites (N-methyl/N-ethyl adjacent to an activating group) is 1. The molecule has 2 rings (SSSR count). The van der Waals surface area contributed by atoms with Crippen molar-refractivity contribution in [3.63, 3.8) is 0 Å². The molecule has 7 heteroatoms. The lowest BCUT2D eigenvalue weighted by atomic mass is 9.93. The van der Waals surface area contributed by atoms with Gasteiger partial charge < -0.3 is 15.5 Å². The van der Waals surface area contributed by atoms with E-state index >= 15 is 0 Å². The van der Waals surface area contributed by atoms with Gasteiger partial charge in [-0.05, 0) is 66.3 Å². The van der Waals surface area contributed by atoms with Gasteiger partial charge in [0.2, 0.25) is 11.8 Å². The van der Waals surface area contributed by atoms with Crippen molar-refractivity contribution >= 4 is 45.8 Å². The summed E-state index contributed by atoms with van der Waals surface area (Å²) in [5.41, 5.74) is 0.716. The van der Waals surface area contributed by atoms with Gasteiger partial charge in [0.25, 0.3) is 0 Å². The van der Waals surface area contributed by atoms with Crippen LogP contribution in [-0.4, -0.2) is 43.4 Å². The Kier molecular flexibility index (Phi) is 9.33. The predicted octanol–water partition coefficient (Wildman–Crippen LogP) is 3.05. The van der Waals surface area contributed by atoms with Gasteiger partial charge in [-0.1, -0.05) is 12.1 Å². The molecule has 2 amide bonds. The Labute approximate surface area is 158 Å². The van der Waals surface area contributed by atoms with E-state index in [0.717, 1.165) is 36.8 Å². The summed E-state index contributed by atoms with van der Waals surface area (Å²) in [4.78, 5) is 25.7. The van der Waals surface area contributed by atoms with E-state index in [1.54, 1.807) is 7.05 Å². The second kappa shape index (κ2) is 10.7. The molecule has 0 spiro atoms. The lowest BCUT2D eigenvalue weighted by Crippen LogP contribution is -2.35. The van der Waals surface area contributed by atoms with Gasteiger partial charge in [0, 0.05) is 17.9 Å². The normalized spacial score (nSPS) is 14.6. The molecule has 1 aromatic carbocycles. The summed E-state index contributed by atoms with van der Waals surface area (Å²) in [5.74, 6) is 0.475. The number of amides is 2. The summed E-state index contributed by atoms with van der Waals surface area (Å²) in [5, 5.41) is 6.14. The van der Waals surface area contributed by atoms with Gasteiger partial charge in [-0.15, -0.1) is 12.4 Å². The van der Waals surface area contributed by atoms with Crippen molar-refractivity contribution in [3.05, 3.63) is 28.7 Å². The highest BCUT2D eigenvalue weighted by molar-refractivity contribution is 9.10. The summed E-state index contributed by atoms with van der Waals surface area (Å²) in [6.07, 6.45) is 3.71. The van der Waals surface area contributed by atoms with Crippen molar-refractivity contribution < 1.29 is 9.59 Å². The summed E-state index contributed by atoms with van der Waals surface area (Å²) < 4.78 is 0.827. The maximum atomic E-state index is 12.2. The molecule has 1 saturated heterocycles. The molecule has 134 valence electrons. The van der Waals surface area contributed by atoms with Crippen molar-refractivity contribution in [2.45, 2.75) is 25.7 Å². The van der Waals surface area contributed by atoms with Gasteiger partial charge in [-0.2, -0.15) is 0 Å². The molecule has 5 nitrogen and oxygen atoms in total. The van der Waals surface area contributed by atoms with Crippen LogP contribution in [0.1, 0.15) is 25.7 Å². The number of piperidine rings is 1. The van der Waals surface area contributed by atoms with Crippen LogP contribution in [0.15, 0.2) is 28.7 Å². The van der Waals surface area contributed by atoms with E-state index in [1.165, 1.54) is 4.90 Å². The number of benzene rings is 1. The molecular weight excluding hydrogens is 394 g/mol. The summed E-state index contributed by atoms with van der Waals surface area (Å²) in [7, 11) is 1.68. The summed E-state index contributed by atoms with van der Waals surface area (Å²) in [6, 6.07) is 7.43. The number of anilines is 1. The minimum atomic E-state index is -0.186. The van der Waals surface area contributed by atoms with Gasteiger partial charge in [0.05, 0.1) is 12.2 Å². The first-order valence-corrected chi connectivity index (χ1v) is 8.84. The van der Waals surface area contributed by atoms with Gasteiger partial charge in [-0.3, -0.25) is 9.59 Å².